The number of ether oxygens (including phenoxy) is 1. The quantitative estimate of drug-likeness (QED) is 0.877. The zero-order valence-corrected chi connectivity index (χ0v) is 14.1. The largest absolute Gasteiger partial charge is 0.373 e. The van der Waals surface area contributed by atoms with Crippen molar-refractivity contribution < 1.29 is 9.53 Å². The minimum absolute atomic E-state index is 0.0488. The Bertz CT molecular complexity index is 691. The van der Waals surface area contributed by atoms with Gasteiger partial charge in [-0.3, -0.25) is 10.00 Å². The van der Waals surface area contributed by atoms with Gasteiger partial charge in [0.05, 0.1) is 37.5 Å². The van der Waals surface area contributed by atoms with Crippen LogP contribution in [0.25, 0.3) is 0 Å². The smallest absolute Gasteiger partial charge is 0.317 e. The van der Waals surface area contributed by atoms with Gasteiger partial charge in [-0.05, 0) is 11.6 Å². The molecule has 0 radical (unpaired) electrons. The summed E-state index contributed by atoms with van der Waals surface area (Å²) < 4.78 is 5.92. The number of nitrogens with one attached hydrogen (secondary N) is 2. The second-order valence-corrected chi connectivity index (χ2v) is 6.58. The van der Waals surface area contributed by atoms with Gasteiger partial charge in [0.2, 0.25) is 0 Å². The fraction of sp³-hybridized carbons (Fsp3) is 0.444. The SMILES string of the molecule is O=C(NCc1ccn[nH]1)N1C[C@H]2OCCN(Cc3ccccc3)[C@H]2C1. The number of likely N-dealkylation sites (tertiary alicyclic amines) is 1. The van der Waals surface area contributed by atoms with Crippen molar-refractivity contribution in [2.45, 2.75) is 25.2 Å². The lowest BCUT2D eigenvalue weighted by atomic mass is 10.1. The number of rotatable bonds is 4. The van der Waals surface area contributed by atoms with Gasteiger partial charge in [-0.2, -0.15) is 5.10 Å². The van der Waals surface area contributed by atoms with Crippen LogP contribution < -0.4 is 5.32 Å². The number of fused-ring (bicyclic) bond motifs is 1. The predicted octanol–water partition coefficient (Wildman–Crippen LogP) is 1.20. The molecule has 2 aliphatic rings. The second kappa shape index (κ2) is 7.25. The lowest BCUT2D eigenvalue weighted by Crippen LogP contribution is -2.50. The van der Waals surface area contributed by atoms with Crippen molar-refractivity contribution in [2.75, 3.05) is 26.2 Å². The molecule has 2 fully saturated rings. The van der Waals surface area contributed by atoms with E-state index in [1.165, 1.54) is 5.56 Å². The Kier molecular flexibility index (Phi) is 4.67. The van der Waals surface area contributed by atoms with Crippen LogP contribution in [0.3, 0.4) is 0 Å². The van der Waals surface area contributed by atoms with E-state index >= 15 is 0 Å². The topological polar surface area (TPSA) is 73.5 Å². The average molecular weight is 341 g/mol. The van der Waals surface area contributed by atoms with Gasteiger partial charge in [-0.1, -0.05) is 30.3 Å². The number of carbonyl (C=O) groups excluding carboxylic acids is 1. The van der Waals surface area contributed by atoms with E-state index in [4.69, 9.17) is 4.74 Å². The molecule has 1 aromatic carbocycles. The summed E-state index contributed by atoms with van der Waals surface area (Å²) in [5.41, 5.74) is 2.19. The normalized spacial score (nSPS) is 23.4. The lowest BCUT2D eigenvalue weighted by molar-refractivity contribution is -0.0503. The highest BCUT2D eigenvalue weighted by molar-refractivity contribution is 5.74. The summed E-state index contributed by atoms with van der Waals surface area (Å²) in [6.07, 6.45) is 1.77. The molecule has 2 aromatic rings. The van der Waals surface area contributed by atoms with Crippen molar-refractivity contribution in [1.29, 1.82) is 0 Å². The maximum absolute atomic E-state index is 12.5. The number of aromatic amines is 1. The Hall–Kier alpha value is -2.38. The van der Waals surface area contributed by atoms with Crippen LogP contribution in [-0.2, 0) is 17.8 Å². The van der Waals surface area contributed by atoms with Gasteiger partial charge in [-0.15, -0.1) is 0 Å². The highest BCUT2D eigenvalue weighted by atomic mass is 16.5. The molecular formula is C18H23N5O2. The van der Waals surface area contributed by atoms with Crippen LogP contribution in [0.5, 0.6) is 0 Å². The van der Waals surface area contributed by atoms with E-state index in [-0.39, 0.29) is 18.2 Å². The molecule has 2 N–H and O–H groups in total. The summed E-state index contributed by atoms with van der Waals surface area (Å²) in [6, 6.07) is 12.5. The van der Waals surface area contributed by atoms with Crippen molar-refractivity contribution in [2.24, 2.45) is 0 Å². The molecule has 2 atom stereocenters. The first-order chi connectivity index (χ1) is 12.3. The number of H-pyrrole nitrogens is 1. The third-order valence-electron chi connectivity index (χ3n) is 4.92. The summed E-state index contributed by atoms with van der Waals surface area (Å²) in [4.78, 5) is 16.7. The molecule has 2 aliphatic heterocycles. The van der Waals surface area contributed by atoms with E-state index in [9.17, 15) is 4.79 Å². The van der Waals surface area contributed by atoms with Gasteiger partial charge in [0.25, 0.3) is 0 Å². The van der Waals surface area contributed by atoms with Gasteiger partial charge < -0.3 is 15.0 Å². The van der Waals surface area contributed by atoms with Crippen LogP contribution in [0.2, 0.25) is 0 Å². The molecule has 25 heavy (non-hydrogen) atoms. The summed E-state index contributed by atoms with van der Waals surface area (Å²) in [6.45, 7) is 4.32. The van der Waals surface area contributed by atoms with Gasteiger partial charge in [-0.25, -0.2) is 4.79 Å². The Labute approximate surface area is 147 Å². The minimum atomic E-state index is -0.0488. The Morgan fingerprint density at radius 2 is 2.16 bits per heavy atom. The molecule has 1 aromatic heterocycles. The monoisotopic (exact) mass is 341 g/mol. The average Bonchev–Trinajstić information content (AvgIpc) is 3.30. The minimum Gasteiger partial charge on any atom is -0.373 e. The molecular weight excluding hydrogens is 318 g/mol. The first-order valence-electron chi connectivity index (χ1n) is 8.70. The second-order valence-electron chi connectivity index (χ2n) is 6.58. The van der Waals surface area contributed by atoms with Crippen LogP contribution >= 0.6 is 0 Å². The molecule has 0 spiro atoms. The zero-order chi connectivity index (χ0) is 17.1. The molecule has 7 heteroatoms. The first-order valence-corrected chi connectivity index (χ1v) is 8.70. The zero-order valence-electron chi connectivity index (χ0n) is 14.1. The molecule has 4 rings (SSSR count). The van der Waals surface area contributed by atoms with Crippen LogP contribution in [0.15, 0.2) is 42.6 Å². The number of carbonyl (C=O) groups is 1. The molecule has 132 valence electrons. The van der Waals surface area contributed by atoms with Gasteiger partial charge >= 0.3 is 6.03 Å². The fourth-order valence-electron chi connectivity index (χ4n) is 3.60. The molecule has 0 aliphatic carbocycles. The Morgan fingerprint density at radius 3 is 2.96 bits per heavy atom. The summed E-state index contributed by atoms with van der Waals surface area (Å²) in [5, 5.41) is 9.68. The van der Waals surface area contributed by atoms with E-state index < -0.39 is 0 Å². The standard InChI is InChI=1S/C18H23N5O2/c24-18(19-10-15-6-7-20-21-15)23-12-16-17(13-23)25-9-8-22(16)11-14-4-2-1-3-5-14/h1-7,16-17H,8-13H2,(H,19,24)(H,20,21)/t16-,17+/m0/s1. The molecule has 0 bridgehead atoms. The fourth-order valence-corrected chi connectivity index (χ4v) is 3.60. The molecule has 2 amide bonds. The maximum Gasteiger partial charge on any atom is 0.317 e. The van der Waals surface area contributed by atoms with Gasteiger partial charge in [0, 0.05) is 25.8 Å². The van der Waals surface area contributed by atoms with E-state index in [1.807, 2.05) is 17.0 Å². The van der Waals surface area contributed by atoms with E-state index in [2.05, 4.69) is 44.7 Å². The van der Waals surface area contributed by atoms with E-state index in [0.29, 0.717) is 19.6 Å². The summed E-state index contributed by atoms with van der Waals surface area (Å²) >= 11 is 0. The van der Waals surface area contributed by atoms with Crippen LogP contribution in [0.1, 0.15) is 11.3 Å². The third-order valence-corrected chi connectivity index (χ3v) is 4.92. The predicted molar refractivity (Wildman–Crippen MR) is 92.8 cm³/mol. The highest BCUT2D eigenvalue weighted by Crippen LogP contribution is 2.24. The molecule has 7 nitrogen and oxygen atoms in total. The van der Waals surface area contributed by atoms with Crippen LogP contribution in [0.4, 0.5) is 4.79 Å². The number of benzene rings is 1. The van der Waals surface area contributed by atoms with Crippen molar-refractivity contribution in [3.05, 3.63) is 53.9 Å². The molecule has 3 heterocycles. The Balaban J connectivity index is 1.36. The maximum atomic E-state index is 12.5. The van der Waals surface area contributed by atoms with Crippen LogP contribution in [-0.4, -0.2) is 64.4 Å². The number of morpholine rings is 1. The van der Waals surface area contributed by atoms with E-state index in [0.717, 1.165) is 25.4 Å². The first kappa shape index (κ1) is 16.1. The summed E-state index contributed by atoms with van der Waals surface area (Å²) in [5.74, 6) is 0. The van der Waals surface area contributed by atoms with Crippen LogP contribution in [0, 0.1) is 0 Å². The van der Waals surface area contributed by atoms with Gasteiger partial charge in [0.15, 0.2) is 0 Å². The van der Waals surface area contributed by atoms with E-state index in [1.54, 1.807) is 6.20 Å². The number of aromatic nitrogens is 2. The van der Waals surface area contributed by atoms with Crippen molar-refractivity contribution >= 4 is 6.03 Å². The highest BCUT2D eigenvalue weighted by Gasteiger charge is 2.41. The number of amides is 2. The Morgan fingerprint density at radius 1 is 1.28 bits per heavy atom. The molecule has 2 saturated heterocycles. The number of hydrogen-bond donors (Lipinski definition) is 2. The van der Waals surface area contributed by atoms with Crippen molar-refractivity contribution in [1.82, 2.24) is 25.3 Å². The number of nitrogens with zero attached hydrogens (tertiary/aromatic N) is 3. The number of hydrogen-bond acceptors (Lipinski definition) is 4. The van der Waals surface area contributed by atoms with Crippen molar-refractivity contribution in [3.63, 3.8) is 0 Å². The summed E-state index contributed by atoms with van der Waals surface area (Å²) in [7, 11) is 0. The molecule has 0 saturated carbocycles. The molecule has 0 unspecified atom stereocenters. The number of urea groups is 1. The third kappa shape index (κ3) is 3.67. The lowest BCUT2D eigenvalue weighted by Gasteiger charge is -2.36. The van der Waals surface area contributed by atoms with Gasteiger partial charge in [0.1, 0.15) is 0 Å². The van der Waals surface area contributed by atoms with Crippen molar-refractivity contribution in [3.8, 4) is 0 Å².